The van der Waals surface area contributed by atoms with Gasteiger partial charge in [-0.25, -0.2) is 4.79 Å². The van der Waals surface area contributed by atoms with Gasteiger partial charge < -0.3 is 4.74 Å². The van der Waals surface area contributed by atoms with Gasteiger partial charge in [-0.05, 0) is 63.6 Å². The summed E-state index contributed by atoms with van der Waals surface area (Å²) >= 11 is 6.73. The van der Waals surface area contributed by atoms with Crippen LogP contribution < -0.4 is 0 Å². The van der Waals surface area contributed by atoms with Crippen molar-refractivity contribution in [3.05, 3.63) is 21.6 Å². The number of rotatable bonds is 12. The van der Waals surface area contributed by atoms with Crippen LogP contribution in [0.4, 0.5) is 0 Å². The number of halogens is 2. The molecule has 0 bridgehead atoms. The highest BCUT2D eigenvalue weighted by atomic mass is 79.9. The summed E-state index contributed by atoms with van der Waals surface area (Å²) in [4.78, 5) is 15.2. The molecule has 3 nitrogen and oxygen atoms in total. The Bertz CT molecular complexity index is 426. The van der Waals surface area contributed by atoms with Crippen LogP contribution in [0.15, 0.2) is 26.6 Å². The second-order valence-electron chi connectivity index (χ2n) is 5.43. The van der Waals surface area contributed by atoms with Crippen molar-refractivity contribution in [1.29, 1.82) is 0 Å². The van der Waals surface area contributed by atoms with E-state index in [4.69, 9.17) is 0 Å². The Morgan fingerprint density at radius 1 is 1.09 bits per heavy atom. The number of hydrogen-bond donors (Lipinski definition) is 0. The summed E-state index contributed by atoms with van der Waals surface area (Å²) in [7, 11) is 1.40. The van der Waals surface area contributed by atoms with Crippen molar-refractivity contribution in [3.8, 4) is 0 Å². The average molecular weight is 435 g/mol. The van der Waals surface area contributed by atoms with E-state index in [1.165, 1.54) is 52.1 Å². The summed E-state index contributed by atoms with van der Waals surface area (Å²) < 4.78 is 5.69. The van der Waals surface area contributed by atoms with E-state index in [0.717, 1.165) is 21.9 Å². The second kappa shape index (κ2) is 12.1. The van der Waals surface area contributed by atoms with Crippen molar-refractivity contribution < 1.29 is 9.53 Å². The maximum Gasteiger partial charge on any atom is 0.336 e. The SMILES string of the molecule is COC(=O)[C@@H]1N=C1/C=C/CCCCCCCCCC=C(Br)Br. The first-order valence-electron chi connectivity index (χ1n) is 7.98. The predicted octanol–water partition coefficient (Wildman–Crippen LogP) is 5.68. The third-order valence-corrected chi connectivity index (χ3v) is 4.22. The first kappa shape index (κ1) is 19.6. The number of unbranched alkanes of at least 4 members (excludes halogenated alkanes) is 8. The number of ether oxygens (including phenoxy) is 1. The van der Waals surface area contributed by atoms with Crippen LogP contribution >= 0.6 is 31.9 Å². The quantitative estimate of drug-likeness (QED) is 0.292. The van der Waals surface area contributed by atoms with Gasteiger partial charge in [0, 0.05) is 0 Å². The molecule has 22 heavy (non-hydrogen) atoms. The number of methoxy groups -OCH3 is 1. The van der Waals surface area contributed by atoms with Gasteiger partial charge in [0.2, 0.25) is 0 Å². The largest absolute Gasteiger partial charge is 0.467 e. The Morgan fingerprint density at radius 3 is 2.27 bits per heavy atom. The molecule has 1 atom stereocenters. The lowest BCUT2D eigenvalue weighted by Crippen LogP contribution is -2.12. The van der Waals surface area contributed by atoms with Gasteiger partial charge in [0.25, 0.3) is 0 Å². The Kier molecular flexibility index (Phi) is 10.8. The maximum absolute atomic E-state index is 11.1. The maximum atomic E-state index is 11.1. The number of esters is 1. The van der Waals surface area contributed by atoms with E-state index in [1.807, 2.05) is 6.08 Å². The Balaban J connectivity index is 1.84. The zero-order valence-electron chi connectivity index (χ0n) is 13.2. The monoisotopic (exact) mass is 433 g/mol. The summed E-state index contributed by atoms with van der Waals surface area (Å²) in [5.41, 5.74) is 0.857. The van der Waals surface area contributed by atoms with Gasteiger partial charge in [0.05, 0.1) is 16.2 Å². The van der Waals surface area contributed by atoms with Crippen molar-refractivity contribution in [1.82, 2.24) is 0 Å². The van der Waals surface area contributed by atoms with Gasteiger partial charge in [-0.3, -0.25) is 4.99 Å². The topological polar surface area (TPSA) is 38.7 Å². The molecule has 5 heteroatoms. The molecule has 0 unspecified atom stereocenters. The summed E-state index contributed by atoms with van der Waals surface area (Å²) in [6.45, 7) is 0. The normalized spacial score (nSPS) is 16.5. The van der Waals surface area contributed by atoms with Crippen molar-refractivity contribution in [2.75, 3.05) is 7.11 Å². The molecule has 1 heterocycles. The van der Waals surface area contributed by atoms with Crippen molar-refractivity contribution in [3.63, 3.8) is 0 Å². The highest BCUT2D eigenvalue weighted by molar-refractivity contribution is 9.28. The molecule has 124 valence electrons. The van der Waals surface area contributed by atoms with E-state index in [2.05, 4.69) is 53.7 Å². The third kappa shape index (κ3) is 9.57. The number of hydrogen-bond acceptors (Lipinski definition) is 3. The minimum atomic E-state index is -0.318. The molecule has 1 aliphatic heterocycles. The molecule has 0 radical (unpaired) electrons. The van der Waals surface area contributed by atoms with Crippen molar-refractivity contribution >= 4 is 43.5 Å². The second-order valence-corrected chi connectivity index (χ2v) is 8.20. The highest BCUT2D eigenvalue weighted by Crippen LogP contribution is 2.17. The molecule has 1 rings (SSSR count). The van der Waals surface area contributed by atoms with Gasteiger partial charge in [0.1, 0.15) is 0 Å². The lowest BCUT2D eigenvalue weighted by Gasteiger charge is -2.00. The van der Waals surface area contributed by atoms with E-state index >= 15 is 0 Å². The summed E-state index contributed by atoms with van der Waals surface area (Å²) in [5.74, 6) is -0.251. The van der Waals surface area contributed by atoms with Crippen molar-refractivity contribution in [2.45, 2.75) is 63.8 Å². The molecule has 0 saturated heterocycles. The van der Waals surface area contributed by atoms with Crippen LogP contribution in [-0.4, -0.2) is 24.8 Å². The van der Waals surface area contributed by atoms with Gasteiger partial charge in [-0.2, -0.15) is 0 Å². The van der Waals surface area contributed by atoms with Gasteiger partial charge in [-0.15, -0.1) is 0 Å². The number of aliphatic imine (C=N–C) groups is 1. The third-order valence-electron chi connectivity index (χ3n) is 3.58. The van der Waals surface area contributed by atoms with E-state index in [-0.39, 0.29) is 12.0 Å². The summed E-state index contributed by atoms with van der Waals surface area (Å²) in [6, 6.07) is -0.318. The molecular weight excluding hydrogens is 410 g/mol. The lowest BCUT2D eigenvalue weighted by molar-refractivity contribution is -0.139. The van der Waals surface area contributed by atoms with Crippen LogP contribution in [0.3, 0.4) is 0 Å². The first-order chi connectivity index (χ1) is 10.6. The van der Waals surface area contributed by atoms with E-state index < -0.39 is 0 Å². The standard InChI is InChI=1S/C17H25Br2NO2/c1-22-17(21)16-14(20-16)12-10-8-6-4-2-3-5-7-9-11-13-15(18)19/h10,12-13,16H,2-9,11H2,1H3/b12-10+/t16-/m1/s1. The molecule has 0 aromatic rings. The van der Waals surface area contributed by atoms with E-state index in [0.29, 0.717) is 0 Å². The van der Waals surface area contributed by atoms with Gasteiger partial charge in [0.15, 0.2) is 6.04 Å². The minimum Gasteiger partial charge on any atom is -0.467 e. The molecular formula is C17H25Br2NO2. The fourth-order valence-electron chi connectivity index (χ4n) is 2.24. The smallest absolute Gasteiger partial charge is 0.336 e. The van der Waals surface area contributed by atoms with Crippen molar-refractivity contribution in [2.24, 2.45) is 4.99 Å². The Labute approximate surface area is 150 Å². The molecule has 0 amide bonds. The Morgan fingerprint density at radius 2 is 1.68 bits per heavy atom. The number of allylic oxidation sites excluding steroid dienone is 2. The zero-order valence-corrected chi connectivity index (χ0v) is 16.4. The van der Waals surface area contributed by atoms with Crippen LogP contribution in [0.25, 0.3) is 0 Å². The molecule has 0 saturated carbocycles. The number of carbonyl (C=O) groups excluding carboxylic acids is 1. The van der Waals surface area contributed by atoms with Crippen LogP contribution in [0.2, 0.25) is 0 Å². The number of nitrogens with zero attached hydrogens (tertiary/aromatic N) is 1. The molecule has 0 aromatic heterocycles. The fraction of sp³-hybridized carbons (Fsp3) is 0.647. The molecule has 0 aromatic carbocycles. The molecule has 0 N–H and O–H groups in total. The zero-order chi connectivity index (χ0) is 16.2. The summed E-state index contributed by atoms with van der Waals surface area (Å²) in [5, 5.41) is 0. The lowest BCUT2D eigenvalue weighted by atomic mass is 10.1. The predicted molar refractivity (Wildman–Crippen MR) is 99.9 cm³/mol. The fourth-order valence-corrected chi connectivity index (χ4v) is 2.69. The van der Waals surface area contributed by atoms with E-state index in [1.54, 1.807) is 0 Å². The molecule has 1 aliphatic rings. The van der Waals surface area contributed by atoms with Crippen LogP contribution in [-0.2, 0) is 9.53 Å². The minimum absolute atomic E-state index is 0.251. The summed E-state index contributed by atoms with van der Waals surface area (Å²) in [6.07, 6.45) is 17.5. The van der Waals surface area contributed by atoms with Crippen LogP contribution in [0.5, 0.6) is 0 Å². The molecule has 0 spiro atoms. The first-order valence-corrected chi connectivity index (χ1v) is 9.57. The highest BCUT2D eigenvalue weighted by Gasteiger charge is 2.33. The van der Waals surface area contributed by atoms with Crippen LogP contribution in [0.1, 0.15) is 57.8 Å². The van der Waals surface area contributed by atoms with Gasteiger partial charge >= 0.3 is 5.97 Å². The average Bonchev–Trinajstić information content (AvgIpc) is 3.26. The van der Waals surface area contributed by atoms with Gasteiger partial charge in [-0.1, -0.05) is 44.3 Å². The molecule has 0 aliphatic carbocycles. The van der Waals surface area contributed by atoms with Crippen LogP contribution in [0, 0.1) is 0 Å². The molecule has 0 fully saturated rings. The van der Waals surface area contributed by atoms with E-state index in [9.17, 15) is 4.79 Å². The number of carbonyl (C=O) groups is 1. The Hall–Kier alpha value is -0.420.